The number of nitrogens with zero attached hydrogens (tertiary/aromatic N) is 1. The highest BCUT2D eigenvalue weighted by Gasteiger charge is 2.25. The van der Waals surface area contributed by atoms with Crippen LogP contribution < -0.4 is 5.73 Å². The molecule has 1 rings (SSSR count). The van der Waals surface area contributed by atoms with Crippen LogP contribution in [-0.2, 0) is 0 Å². The number of aryl methyl sites for hydroxylation is 1. The molecule has 0 aliphatic rings. The number of hydrogen-bond donors (Lipinski definition) is 1. The summed E-state index contributed by atoms with van der Waals surface area (Å²) in [6.07, 6.45) is 2.45. The molecule has 0 aliphatic carbocycles. The molecule has 0 aromatic carbocycles. The Labute approximate surface area is 110 Å². The number of rotatable bonds is 6. The SMILES string of the molecule is CCCC(C)N(C)C(c1ccc(C)s1)C(C)N. The van der Waals surface area contributed by atoms with Crippen LogP contribution in [0.3, 0.4) is 0 Å². The van der Waals surface area contributed by atoms with Gasteiger partial charge in [0.2, 0.25) is 0 Å². The fourth-order valence-electron chi connectivity index (χ4n) is 2.34. The number of likely N-dealkylation sites (N-methyl/N-ethyl adjacent to an activating group) is 1. The van der Waals surface area contributed by atoms with Crippen molar-refractivity contribution >= 4 is 11.3 Å². The summed E-state index contributed by atoms with van der Waals surface area (Å²) in [6.45, 7) is 8.79. The summed E-state index contributed by atoms with van der Waals surface area (Å²) < 4.78 is 0. The van der Waals surface area contributed by atoms with Gasteiger partial charge in [-0.15, -0.1) is 11.3 Å². The van der Waals surface area contributed by atoms with Gasteiger partial charge >= 0.3 is 0 Å². The van der Waals surface area contributed by atoms with Crippen molar-refractivity contribution in [3.8, 4) is 0 Å². The first kappa shape index (κ1) is 14.7. The predicted molar refractivity (Wildman–Crippen MR) is 77.6 cm³/mol. The lowest BCUT2D eigenvalue weighted by molar-refractivity contribution is 0.160. The van der Waals surface area contributed by atoms with Crippen LogP contribution >= 0.6 is 11.3 Å². The van der Waals surface area contributed by atoms with Crippen LogP contribution in [0.15, 0.2) is 12.1 Å². The topological polar surface area (TPSA) is 29.3 Å². The second-order valence-electron chi connectivity index (χ2n) is 5.06. The third-order valence-electron chi connectivity index (χ3n) is 3.39. The van der Waals surface area contributed by atoms with Gasteiger partial charge in [0.05, 0.1) is 6.04 Å². The summed E-state index contributed by atoms with van der Waals surface area (Å²) in [6, 6.07) is 5.50. The van der Waals surface area contributed by atoms with E-state index in [0.717, 1.165) is 0 Å². The van der Waals surface area contributed by atoms with Gasteiger partial charge in [-0.1, -0.05) is 13.3 Å². The van der Waals surface area contributed by atoms with Crippen molar-refractivity contribution in [3.05, 3.63) is 21.9 Å². The van der Waals surface area contributed by atoms with E-state index in [0.29, 0.717) is 12.1 Å². The summed E-state index contributed by atoms with van der Waals surface area (Å²) in [4.78, 5) is 5.18. The third kappa shape index (κ3) is 3.80. The van der Waals surface area contributed by atoms with Crippen LogP contribution in [0.2, 0.25) is 0 Å². The zero-order chi connectivity index (χ0) is 13.0. The third-order valence-corrected chi connectivity index (χ3v) is 4.46. The second-order valence-corrected chi connectivity index (χ2v) is 6.38. The predicted octanol–water partition coefficient (Wildman–Crippen LogP) is 3.57. The first-order valence-electron chi connectivity index (χ1n) is 6.51. The molecule has 17 heavy (non-hydrogen) atoms. The Morgan fingerprint density at radius 1 is 1.35 bits per heavy atom. The molecule has 2 nitrogen and oxygen atoms in total. The smallest absolute Gasteiger partial charge is 0.0590 e. The molecule has 2 N–H and O–H groups in total. The van der Waals surface area contributed by atoms with Crippen molar-refractivity contribution in [2.75, 3.05) is 7.05 Å². The molecular formula is C14H26N2S. The van der Waals surface area contributed by atoms with Crippen molar-refractivity contribution in [1.82, 2.24) is 4.90 Å². The molecule has 1 heterocycles. The second kappa shape index (κ2) is 6.53. The van der Waals surface area contributed by atoms with Crippen molar-refractivity contribution in [2.45, 2.75) is 58.7 Å². The van der Waals surface area contributed by atoms with E-state index >= 15 is 0 Å². The summed E-state index contributed by atoms with van der Waals surface area (Å²) in [7, 11) is 2.20. The van der Waals surface area contributed by atoms with E-state index in [4.69, 9.17) is 5.73 Å². The van der Waals surface area contributed by atoms with E-state index in [9.17, 15) is 0 Å². The van der Waals surface area contributed by atoms with E-state index in [1.807, 2.05) is 11.3 Å². The number of thiophene rings is 1. The Morgan fingerprint density at radius 3 is 2.41 bits per heavy atom. The van der Waals surface area contributed by atoms with Gasteiger partial charge < -0.3 is 5.73 Å². The van der Waals surface area contributed by atoms with Crippen LogP contribution in [0.1, 0.15) is 49.4 Å². The Morgan fingerprint density at radius 2 is 2.00 bits per heavy atom. The maximum Gasteiger partial charge on any atom is 0.0590 e. The highest BCUT2D eigenvalue weighted by atomic mass is 32.1. The van der Waals surface area contributed by atoms with E-state index in [2.05, 4.69) is 51.8 Å². The van der Waals surface area contributed by atoms with Crippen LogP contribution in [0.5, 0.6) is 0 Å². The van der Waals surface area contributed by atoms with Gasteiger partial charge in [0.25, 0.3) is 0 Å². The molecule has 3 atom stereocenters. The molecule has 0 bridgehead atoms. The Bertz CT molecular complexity index is 333. The molecule has 0 amide bonds. The van der Waals surface area contributed by atoms with E-state index in [1.54, 1.807) is 0 Å². The zero-order valence-electron chi connectivity index (χ0n) is 11.7. The van der Waals surface area contributed by atoms with E-state index < -0.39 is 0 Å². The molecule has 3 heteroatoms. The Kier molecular flexibility index (Phi) is 5.63. The Balaban J connectivity index is 2.86. The van der Waals surface area contributed by atoms with E-state index in [1.165, 1.54) is 22.6 Å². The van der Waals surface area contributed by atoms with Gasteiger partial charge in [0.15, 0.2) is 0 Å². The summed E-state index contributed by atoms with van der Waals surface area (Å²) in [5.74, 6) is 0. The molecule has 3 unspecified atom stereocenters. The van der Waals surface area contributed by atoms with Gasteiger partial charge in [0, 0.05) is 21.8 Å². The molecule has 1 aromatic heterocycles. The van der Waals surface area contributed by atoms with Crippen molar-refractivity contribution < 1.29 is 0 Å². The van der Waals surface area contributed by atoms with E-state index in [-0.39, 0.29) is 6.04 Å². The normalized spacial score (nSPS) is 17.1. The van der Waals surface area contributed by atoms with Gasteiger partial charge in [0.1, 0.15) is 0 Å². The molecular weight excluding hydrogens is 228 g/mol. The lowest BCUT2D eigenvalue weighted by Crippen LogP contribution is -2.41. The summed E-state index contributed by atoms with van der Waals surface area (Å²) >= 11 is 1.87. The Hall–Kier alpha value is -0.380. The molecule has 0 saturated heterocycles. The number of hydrogen-bond acceptors (Lipinski definition) is 3. The first-order chi connectivity index (χ1) is 7.97. The molecule has 0 radical (unpaired) electrons. The van der Waals surface area contributed by atoms with Gasteiger partial charge in [-0.3, -0.25) is 4.90 Å². The van der Waals surface area contributed by atoms with Gasteiger partial charge in [-0.25, -0.2) is 0 Å². The fraction of sp³-hybridized carbons (Fsp3) is 0.714. The van der Waals surface area contributed by atoms with Crippen LogP contribution in [0.4, 0.5) is 0 Å². The molecule has 0 aliphatic heterocycles. The maximum absolute atomic E-state index is 6.18. The van der Waals surface area contributed by atoms with Crippen LogP contribution in [0.25, 0.3) is 0 Å². The van der Waals surface area contributed by atoms with Gasteiger partial charge in [-0.2, -0.15) is 0 Å². The first-order valence-corrected chi connectivity index (χ1v) is 7.32. The van der Waals surface area contributed by atoms with Crippen LogP contribution in [-0.4, -0.2) is 24.0 Å². The quantitative estimate of drug-likeness (QED) is 0.841. The average molecular weight is 254 g/mol. The van der Waals surface area contributed by atoms with Crippen molar-refractivity contribution in [2.24, 2.45) is 5.73 Å². The van der Waals surface area contributed by atoms with Crippen molar-refractivity contribution in [3.63, 3.8) is 0 Å². The maximum atomic E-state index is 6.18. The largest absolute Gasteiger partial charge is 0.326 e. The minimum atomic E-state index is 0.164. The molecule has 0 spiro atoms. The van der Waals surface area contributed by atoms with Crippen LogP contribution in [0, 0.1) is 6.92 Å². The lowest BCUT2D eigenvalue weighted by atomic mass is 10.0. The number of nitrogens with two attached hydrogens (primary N) is 1. The summed E-state index contributed by atoms with van der Waals surface area (Å²) in [5.41, 5.74) is 6.18. The van der Waals surface area contributed by atoms with Gasteiger partial charge in [-0.05, 0) is 46.4 Å². The molecule has 98 valence electrons. The average Bonchev–Trinajstić information content (AvgIpc) is 2.64. The lowest BCUT2D eigenvalue weighted by Gasteiger charge is -2.35. The highest BCUT2D eigenvalue weighted by molar-refractivity contribution is 7.12. The molecule has 0 saturated carbocycles. The molecule has 1 aromatic rings. The fourth-order valence-corrected chi connectivity index (χ4v) is 3.48. The minimum Gasteiger partial charge on any atom is -0.326 e. The van der Waals surface area contributed by atoms with Crippen molar-refractivity contribution in [1.29, 1.82) is 0 Å². The summed E-state index contributed by atoms with van der Waals surface area (Å²) in [5, 5.41) is 0. The standard InChI is InChI=1S/C14H26N2S/c1-6-7-10(2)16(5)14(12(4)15)13-9-8-11(3)17-13/h8-10,12,14H,6-7,15H2,1-5H3. The minimum absolute atomic E-state index is 0.164. The highest BCUT2D eigenvalue weighted by Crippen LogP contribution is 2.30. The monoisotopic (exact) mass is 254 g/mol. The molecule has 0 fully saturated rings. The zero-order valence-corrected chi connectivity index (χ0v) is 12.6.